The van der Waals surface area contributed by atoms with Gasteiger partial charge in [-0.15, -0.1) is 10.2 Å². The van der Waals surface area contributed by atoms with Crippen LogP contribution < -0.4 is 10.6 Å². The monoisotopic (exact) mass is 463 g/mol. The van der Waals surface area contributed by atoms with Gasteiger partial charge in [0.15, 0.2) is 5.16 Å². The van der Waals surface area contributed by atoms with Crippen LogP contribution in [0, 0.1) is 17.5 Å². The van der Waals surface area contributed by atoms with Gasteiger partial charge in [0.05, 0.1) is 11.3 Å². The zero-order chi connectivity index (χ0) is 23.1. The minimum Gasteiger partial charge on any atom is -0.351 e. The van der Waals surface area contributed by atoms with Crippen LogP contribution in [0.3, 0.4) is 0 Å². The number of thioether (sulfide) groups is 1. The van der Waals surface area contributed by atoms with E-state index >= 15 is 0 Å². The molecule has 3 rings (SSSR count). The molecule has 0 atom stereocenters. The number of carbonyl (C=O) groups is 2. The van der Waals surface area contributed by atoms with Crippen LogP contribution in [0.5, 0.6) is 0 Å². The third-order valence-corrected chi connectivity index (χ3v) is 5.39. The van der Waals surface area contributed by atoms with Crippen LogP contribution in [0.4, 0.5) is 18.9 Å². The molecule has 0 aliphatic heterocycles. The Kier molecular flexibility index (Phi) is 7.87. The Morgan fingerprint density at radius 2 is 1.69 bits per heavy atom. The highest BCUT2D eigenvalue weighted by atomic mass is 32.2. The first-order valence-electron chi connectivity index (χ1n) is 9.72. The molecule has 32 heavy (non-hydrogen) atoms. The second-order valence-corrected chi connectivity index (χ2v) is 7.50. The fourth-order valence-electron chi connectivity index (χ4n) is 2.88. The maximum absolute atomic E-state index is 13.7. The van der Waals surface area contributed by atoms with Crippen LogP contribution in [0.15, 0.2) is 47.6 Å². The molecule has 0 radical (unpaired) electrons. The van der Waals surface area contributed by atoms with Crippen LogP contribution in [0.25, 0.3) is 0 Å². The molecule has 2 N–H and O–H groups in total. The summed E-state index contributed by atoms with van der Waals surface area (Å²) < 4.78 is 42.8. The number of para-hydroxylation sites is 1. The van der Waals surface area contributed by atoms with E-state index in [1.165, 1.54) is 24.3 Å². The second kappa shape index (κ2) is 10.8. The minimum atomic E-state index is -0.861. The fourth-order valence-corrected chi connectivity index (χ4v) is 3.70. The summed E-state index contributed by atoms with van der Waals surface area (Å²) in [6, 6.07) is 9.00. The lowest BCUT2D eigenvalue weighted by atomic mass is 10.2. The second-order valence-electron chi connectivity index (χ2n) is 6.56. The molecule has 0 aliphatic rings. The first-order chi connectivity index (χ1) is 15.4. The van der Waals surface area contributed by atoms with E-state index in [9.17, 15) is 22.8 Å². The molecule has 0 fully saturated rings. The Bertz CT molecular complexity index is 1100. The van der Waals surface area contributed by atoms with Crippen LogP contribution in [-0.4, -0.2) is 38.9 Å². The number of carbonyl (C=O) groups excluding carboxylic acids is 2. The van der Waals surface area contributed by atoms with Gasteiger partial charge in [-0.2, -0.15) is 0 Å². The highest BCUT2D eigenvalue weighted by Crippen LogP contribution is 2.21. The van der Waals surface area contributed by atoms with E-state index < -0.39 is 35.0 Å². The van der Waals surface area contributed by atoms with Crippen molar-refractivity contribution in [3.8, 4) is 0 Å². The van der Waals surface area contributed by atoms with Gasteiger partial charge in [0, 0.05) is 19.5 Å². The summed E-state index contributed by atoms with van der Waals surface area (Å²) in [5.74, 6) is -3.01. The molecule has 3 aromatic rings. The fraction of sp³-hybridized carbons (Fsp3) is 0.238. The highest BCUT2D eigenvalue weighted by Gasteiger charge is 2.16. The zero-order valence-corrected chi connectivity index (χ0v) is 17.9. The van der Waals surface area contributed by atoms with E-state index in [0.717, 1.165) is 23.9 Å². The Morgan fingerprint density at radius 1 is 1.00 bits per heavy atom. The third-order valence-electron chi connectivity index (χ3n) is 4.42. The summed E-state index contributed by atoms with van der Waals surface area (Å²) >= 11 is 1.07. The number of nitrogens with one attached hydrogen (secondary N) is 2. The number of rotatable bonds is 9. The molecular weight excluding hydrogens is 443 g/mol. The Balaban J connectivity index is 1.55. The molecule has 0 aliphatic carbocycles. The number of benzene rings is 2. The van der Waals surface area contributed by atoms with Gasteiger partial charge in [-0.05, 0) is 31.2 Å². The molecule has 1 heterocycles. The van der Waals surface area contributed by atoms with Crippen molar-refractivity contribution in [3.05, 3.63) is 71.3 Å². The molecule has 0 spiro atoms. The van der Waals surface area contributed by atoms with Gasteiger partial charge in [-0.1, -0.05) is 30.0 Å². The predicted molar refractivity (Wildman–Crippen MR) is 114 cm³/mol. The first-order valence-corrected chi connectivity index (χ1v) is 10.7. The number of aromatic nitrogens is 3. The minimum absolute atomic E-state index is 0.0435. The SMILES string of the molecule is CCn1c(CCNC(=O)c2ccccc2F)nnc1SCC(=O)Nc1c(F)cccc1F. The van der Waals surface area contributed by atoms with E-state index in [2.05, 4.69) is 20.8 Å². The summed E-state index contributed by atoms with van der Waals surface area (Å²) in [5.41, 5.74) is -0.542. The van der Waals surface area contributed by atoms with Crippen molar-refractivity contribution in [2.75, 3.05) is 17.6 Å². The average molecular weight is 463 g/mol. The summed E-state index contributed by atoms with van der Waals surface area (Å²) in [5, 5.41) is 13.4. The topological polar surface area (TPSA) is 88.9 Å². The maximum atomic E-state index is 13.7. The van der Waals surface area contributed by atoms with Crippen LogP contribution in [-0.2, 0) is 17.8 Å². The summed E-state index contributed by atoms with van der Waals surface area (Å²) in [6.45, 7) is 2.59. The lowest BCUT2D eigenvalue weighted by Crippen LogP contribution is -2.27. The molecule has 11 heteroatoms. The van der Waals surface area contributed by atoms with E-state index in [1.54, 1.807) is 10.6 Å². The van der Waals surface area contributed by atoms with Crippen LogP contribution >= 0.6 is 11.8 Å². The van der Waals surface area contributed by atoms with E-state index in [4.69, 9.17) is 0 Å². The predicted octanol–water partition coefficient (Wildman–Crippen LogP) is 3.42. The molecule has 2 aromatic carbocycles. The maximum Gasteiger partial charge on any atom is 0.254 e. The molecule has 168 valence electrons. The molecular formula is C21H20F3N5O2S. The van der Waals surface area contributed by atoms with Gasteiger partial charge in [-0.3, -0.25) is 9.59 Å². The molecule has 0 saturated carbocycles. The number of hydrogen-bond donors (Lipinski definition) is 2. The largest absolute Gasteiger partial charge is 0.351 e. The zero-order valence-electron chi connectivity index (χ0n) is 17.1. The van der Waals surface area contributed by atoms with Crippen molar-refractivity contribution in [1.29, 1.82) is 0 Å². The van der Waals surface area contributed by atoms with Gasteiger partial charge < -0.3 is 15.2 Å². The number of hydrogen-bond acceptors (Lipinski definition) is 5. The van der Waals surface area contributed by atoms with E-state index in [1.807, 2.05) is 6.92 Å². The van der Waals surface area contributed by atoms with Crippen molar-refractivity contribution >= 4 is 29.3 Å². The smallest absolute Gasteiger partial charge is 0.254 e. The number of nitrogens with zero attached hydrogens (tertiary/aromatic N) is 3. The lowest BCUT2D eigenvalue weighted by Gasteiger charge is -2.09. The quantitative estimate of drug-likeness (QED) is 0.475. The molecule has 0 saturated heterocycles. The van der Waals surface area contributed by atoms with Gasteiger partial charge in [0.2, 0.25) is 5.91 Å². The number of amides is 2. The van der Waals surface area contributed by atoms with Crippen LogP contribution in [0.1, 0.15) is 23.1 Å². The first kappa shape index (κ1) is 23.3. The van der Waals surface area contributed by atoms with Crippen molar-refractivity contribution in [2.45, 2.75) is 25.0 Å². The van der Waals surface area contributed by atoms with Gasteiger partial charge in [0.1, 0.15) is 29.0 Å². The van der Waals surface area contributed by atoms with Gasteiger partial charge in [-0.25, -0.2) is 13.2 Å². The Hall–Kier alpha value is -3.34. The molecule has 1 aromatic heterocycles. The normalized spacial score (nSPS) is 10.8. The van der Waals surface area contributed by atoms with E-state index in [0.29, 0.717) is 23.9 Å². The molecule has 0 unspecified atom stereocenters. The molecule has 2 amide bonds. The lowest BCUT2D eigenvalue weighted by molar-refractivity contribution is -0.113. The van der Waals surface area contributed by atoms with Crippen molar-refractivity contribution in [2.24, 2.45) is 0 Å². The summed E-state index contributed by atoms with van der Waals surface area (Å²) in [6.07, 6.45) is 0.341. The standard InChI is InChI=1S/C21H20F3N5O2S/c1-2-29-17(10-11-25-20(31)13-6-3-4-7-14(13)22)27-28-21(29)32-12-18(30)26-19-15(23)8-5-9-16(19)24/h3-9H,2,10-12H2,1H3,(H,25,31)(H,26,30). The van der Waals surface area contributed by atoms with Crippen molar-refractivity contribution in [1.82, 2.24) is 20.1 Å². The Labute approximate surface area is 186 Å². The number of anilines is 1. The third kappa shape index (κ3) is 5.67. The number of halogens is 3. The van der Waals surface area contributed by atoms with Crippen molar-refractivity contribution in [3.63, 3.8) is 0 Å². The van der Waals surface area contributed by atoms with Gasteiger partial charge >= 0.3 is 0 Å². The highest BCUT2D eigenvalue weighted by molar-refractivity contribution is 7.99. The van der Waals surface area contributed by atoms with Gasteiger partial charge in [0.25, 0.3) is 5.91 Å². The molecule has 0 bridgehead atoms. The average Bonchev–Trinajstić information content (AvgIpc) is 3.17. The summed E-state index contributed by atoms with van der Waals surface area (Å²) in [7, 11) is 0. The molecule has 7 nitrogen and oxygen atoms in total. The van der Waals surface area contributed by atoms with Crippen molar-refractivity contribution < 1.29 is 22.8 Å². The van der Waals surface area contributed by atoms with E-state index in [-0.39, 0.29) is 17.9 Å². The summed E-state index contributed by atoms with van der Waals surface area (Å²) in [4.78, 5) is 24.2. The van der Waals surface area contributed by atoms with Crippen LogP contribution in [0.2, 0.25) is 0 Å². The Morgan fingerprint density at radius 3 is 2.38 bits per heavy atom.